The number of aromatic nitrogens is 3. The maximum atomic E-state index is 12.2. The monoisotopic (exact) mass is 1300 g/mol. The van der Waals surface area contributed by atoms with E-state index in [1.54, 1.807) is 0 Å². The summed E-state index contributed by atoms with van der Waals surface area (Å²) in [5.41, 5.74) is 12.8. The number of benzene rings is 6. The van der Waals surface area contributed by atoms with Crippen LogP contribution >= 0.6 is 0 Å². The predicted octanol–water partition coefficient (Wildman–Crippen LogP) is 14.6. The average molecular weight is 1300 g/mol. The molecule has 9 aromatic rings. The molecule has 3 saturated heterocycles. The van der Waals surface area contributed by atoms with Crippen molar-refractivity contribution in [2.24, 2.45) is 0 Å². The van der Waals surface area contributed by atoms with Gasteiger partial charge < -0.3 is 58.1 Å². The molecule has 0 bridgehead atoms. The lowest BCUT2D eigenvalue weighted by Gasteiger charge is -2.29. The lowest BCUT2D eigenvalue weighted by Crippen LogP contribution is -2.31. The molecule has 6 aromatic carbocycles. The van der Waals surface area contributed by atoms with E-state index in [2.05, 4.69) is 121 Å². The Labute approximate surface area is 564 Å². The van der Waals surface area contributed by atoms with E-state index in [-0.39, 0.29) is 34.4 Å². The van der Waals surface area contributed by atoms with Crippen LogP contribution in [0.3, 0.4) is 0 Å². The van der Waals surface area contributed by atoms with E-state index in [0.717, 1.165) is 142 Å². The second-order valence-electron chi connectivity index (χ2n) is 26.9. The minimum absolute atomic E-state index is 0.0150. The number of aromatic amines is 3. The molecule has 15 rings (SSSR count). The molecule has 3 atom stereocenters. The van der Waals surface area contributed by atoms with Crippen LogP contribution in [0.2, 0.25) is 0 Å². The summed E-state index contributed by atoms with van der Waals surface area (Å²) in [5.74, 6) is 5.80. The van der Waals surface area contributed by atoms with Crippen molar-refractivity contribution in [3.63, 3.8) is 0 Å². The van der Waals surface area contributed by atoms with E-state index in [4.69, 9.17) is 28.4 Å². The Kier molecular flexibility index (Phi) is 21.9. The summed E-state index contributed by atoms with van der Waals surface area (Å²) in [5, 5.41) is 3.29. The minimum atomic E-state index is 0.0150. The summed E-state index contributed by atoms with van der Waals surface area (Å²) in [7, 11) is 0. The third-order valence-electron chi connectivity index (χ3n) is 20.6. The van der Waals surface area contributed by atoms with Crippen LogP contribution in [-0.4, -0.2) is 128 Å². The molecule has 3 fully saturated rings. The van der Waals surface area contributed by atoms with Crippen molar-refractivity contribution in [1.82, 2.24) is 29.7 Å². The molecule has 3 aromatic heterocycles. The van der Waals surface area contributed by atoms with E-state index in [0.29, 0.717) is 39.6 Å². The lowest BCUT2D eigenvalue weighted by atomic mass is 9.87. The summed E-state index contributed by atoms with van der Waals surface area (Å²) in [6, 6.07) is 44.7. The van der Waals surface area contributed by atoms with Crippen LogP contribution in [0.1, 0.15) is 166 Å². The maximum Gasteiger partial charge on any atom is 0.251 e. The molecule has 9 heterocycles. The zero-order valence-electron chi connectivity index (χ0n) is 56.6. The highest BCUT2D eigenvalue weighted by Gasteiger charge is 2.26. The maximum absolute atomic E-state index is 12.2. The van der Waals surface area contributed by atoms with Crippen molar-refractivity contribution in [3.8, 4) is 34.5 Å². The highest BCUT2D eigenvalue weighted by molar-refractivity contribution is 5.82. The van der Waals surface area contributed by atoms with Gasteiger partial charge in [-0.25, -0.2) is 0 Å². The van der Waals surface area contributed by atoms with Gasteiger partial charge in [-0.3, -0.25) is 14.4 Å². The van der Waals surface area contributed by atoms with Gasteiger partial charge in [0.05, 0.1) is 0 Å². The number of ether oxygens (including phenoxy) is 6. The first-order chi connectivity index (χ1) is 47.1. The van der Waals surface area contributed by atoms with Gasteiger partial charge in [0.15, 0.2) is 34.5 Å². The Hall–Kier alpha value is -8.37. The van der Waals surface area contributed by atoms with Gasteiger partial charge in [-0.05, 0) is 276 Å². The van der Waals surface area contributed by atoms with Crippen LogP contribution in [0.15, 0.2) is 142 Å². The molecule has 6 aliphatic heterocycles. The van der Waals surface area contributed by atoms with Gasteiger partial charge in [-0.2, -0.15) is 0 Å². The number of hydrogen-bond acceptors (Lipinski definition) is 12. The Morgan fingerprint density at radius 3 is 0.833 bits per heavy atom. The number of nitrogens with one attached hydrogen (secondary N) is 3. The molecule has 0 amide bonds. The van der Waals surface area contributed by atoms with Gasteiger partial charge in [0.1, 0.15) is 39.6 Å². The van der Waals surface area contributed by atoms with Crippen LogP contribution in [0, 0.1) is 0 Å². The summed E-state index contributed by atoms with van der Waals surface area (Å²) in [6.45, 7) is 20.1. The van der Waals surface area contributed by atoms with E-state index < -0.39 is 0 Å². The van der Waals surface area contributed by atoms with Crippen LogP contribution in [0.4, 0.5) is 0 Å². The first-order valence-corrected chi connectivity index (χ1v) is 36.0. The van der Waals surface area contributed by atoms with Crippen molar-refractivity contribution in [3.05, 3.63) is 209 Å². The third-order valence-corrected chi connectivity index (χ3v) is 20.6. The van der Waals surface area contributed by atoms with Crippen molar-refractivity contribution in [2.75, 3.05) is 98.5 Å². The number of likely N-dealkylation sites (tertiary alicyclic amines) is 3. The zero-order chi connectivity index (χ0) is 65.7. The number of aryl methyl sites for hydroxylation is 3. The molecule has 1 unspecified atom stereocenters. The molecule has 0 saturated carbocycles. The van der Waals surface area contributed by atoms with Gasteiger partial charge >= 0.3 is 0 Å². The number of rotatable bonds is 18. The third kappa shape index (κ3) is 16.0. The van der Waals surface area contributed by atoms with E-state index in [1.165, 1.54) is 130 Å². The van der Waals surface area contributed by atoms with Crippen molar-refractivity contribution in [1.29, 1.82) is 0 Å². The fourth-order valence-corrected chi connectivity index (χ4v) is 15.1. The quantitative estimate of drug-likeness (QED) is 0.0746. The molecule has 0 radical (unpaired) electrons. The van der Waals surface area contributed by atoms with Gasteiger partial charge in [0, 0.05) is 51.0 Å². The van der Waals surface area contributed by atoms with Crippen molar-refractivity contribution in [2.45, 2.75) is 135 Å². The Balaban J connectivity index is 0.000000130. The first-order valence-electron chi connectivity index (χ1n) is 36.0. The highest BCUT2D eigenvalue weighted by Crippen LogP contribution is 2.41. The molecule has 0 aliphatic carbocycles. The highest BCUT2D eigenvalue weighted by atomic mass is 16.6. The number of fused-ring (bicyclic) bond motifs is 6. The molecule has 3 N–H and O–H groups in total. The fraction of sp³-hybridized carbons (Fsp3) is 0.444. The predicted molar refractivity (Wildman–Crippen MR) is 384 cm³/mol. The van der Waals surface area contributed by atoms with Crippen molar-refractivity contribution < 1.29 is 28.4 Å². The summed E-state index contributed by atoms with van der Waals surface area (Å²) in [4.78, 5) is 53.6. The number of nitrogens with zero attached hydrogens (tertiary/aromatic N) is 3. The Bertz CT molecular complexity index is 3880. The average Bonchev–Trinajstić information content (AvgIpc) is 0.825. The van der Waals surface area contributed by atoms with Gasteiger partial charge in [0.2, 0.25) is 0 Å². The fourth-order valence-electron chi connectivity index (χ4n) is 15.1. The van der Waals surface area contributed by atoms with E-state index >= 15 is 0 Å². The summed E-state index contributed by atoms with van der Waals surface area (Å²) >= 11 is 0. The summed E-state index contributed by atoms with van der Waals surface area (Å²) in [6.07, 6.45) is 17.2. The van der Waals surface area contributed by atoms with Crippen LogP contribution in [0.25, 0.3) is 32.7 Å². The number of pyridine rings is 3. The van der Waals surface area contributed by atoms with Gasteiger partial charge in [0.25, 0.3) is 16.7 Å². The van der Waals surface area contributed by atoms with Crippen LogP contribution < -0.4 is 45.1 Å². The van der Waals surface area contributed by atoms with E-state index in [9.17, 15) is 14.4 Å². The lowest BCUT2D eigenvalue weighted by molar-refractivity contribution is 0.171. The molecule has 96 heavy (non-hydrogen) atoms. The molecule has 504 valence electrons. The molecule has 0 spiro atoms. The second kappa shape index (κ2) is 31.7. The standard InChI is InChI=1S/3C27H32N2O3/c3*1-2-19-16-22-17-20(6-8-24(22)28-27(19)30)23(10-13-29-11-4-3-5-12-29)21-7-9-25-26(18-21)32-15-14-31-25/h3*6-9,16-18,23H,2-5,10-15H2,1H3,(H,28,30)/t2*23-;/m10./s1. The largest absolute Gasteiger partial charge is 0.486 e. The second-order valence-corrected chi connectivity index (χ2v) is 26.9. The van der Waals surface area contributed by atoms with Crippen LogP contribution in [-0.2, 0) is 19.3 Å². The topological polar surface area (TPSA) is 164 Å². The number of hydrogen-bond donors (Lipinski definition) is 3. The SMILES string of the molecule is CCc1cc2cc(C(CCN3CCCCC3)c3ccc4c(c3)OCCO4)ccc2[nH]c1=O.CCc1cc2cc([C@@H](CCN3CCCCC3)c3ccc4c(c3)OCCO4)ccc2[nH]c1=O.CCc1cc2cc([C@H](CCN3CCCCC3)c3ccc4c(c3)OCCO4)ccc2[nH]c1=O. The number of H-pyrrole nitrogens is 3. The molecule has 6 aliphatic rings. The van der Waals surface area contributed by atoms with Crippen LogP contribution in [0.5, 0.6) is 34.5 Å². The number of piperidine rings is 3. The Morgan fingerprint density at radius 1 is 0.312 bits per heavy atom. The normalized spacial score (nSPS) is 17.4. The smallest absolute Gasteiger partial charge is 0.251 e. The van der Waals surface area contributed by atoms with Gasteiger partial charge in [-0.1, -0.05) is 76.4 Å². The molecular formula is C81H96N6O9. The summed E-state index contributed by atoms with van der Waals surface area (Å²) < 4.78 is 34.9. The zero-order valence-corrected chi connectivity index (χ0v) is 56.6. The molecular weight excluding hydrogens is 1200 g/mol. The Morgan fingerprint density at radius 2 is 0.562 bits per heavy atom. The molecule has 15 heteroatoms. The molecule has 15 nitrogen and oxygen atoms in total. The minimum Gasteiger partial charge on any atom is -0.486 e. The van der Waals surface area contributed by atoms with Gasteiger partial charge in [-0.15, -0.1) is 0 Å². The van der Waals surface area contributed by atoms with E-state index in [1.807, 2.05) is 57.2 Å². The van der Waals surface area contributed by atoms with Crippen molar-refractivity contribution >= 4 is 32.7 Å². The first kappa shape index (κ1) is 66.3.